The largest absolute Gasteiger partial charge is 0.472 e. The van der Waals surface area contributed by atoms with Gasteiger partial charge in [-0.15, -0.1) is 0 Å². The lowest BCUT2D eigenvalue weighted by Crippen LogP contribution is -2.25. The Bertz CT molecular complexity index is 507. The lowest BCUT2D eigenvalue weighted by Gasteiger charge is -2.20. The van der Waals surface area contributed by atoms with E-state index in [-0.39, 0.29) is 0 Å². The summed E-state index contributed by atoms with van der Waals surface area (Å²) in [5, 5.41) is 3.47. The van der Waals surface area contributed by atoms with Gasteiger partial charge in [-0.1, -0.05) is 18.2 Å². The SMILES string of the molecule is CN(Cc1ccoc1)CC1CNc2ccccc21. The highest BCUT2D eigenvalue weighted by Crippen LogP contribution is 2.31. The monoisotopic (exact) mass is 242 g/mol. The first-order valence-electron chi connectivity index (χ1n) is 6.35. The summed E-state index contributed by atoms with van der Waals surface area (Å²) in [7, 11) is 2.16. The van der Waals surface area contributed by atoms with Gasteiger partial charge in [0, 0.05) is 36.8 Å². The zero-order valence-electron chi connectivity index (χ0n) is 10.6. The van der Waals surface area contributed by atoms with Crippen molar-refractivity contribution in [1.29, 1.82) is 0 Å². The van der Waals surface area contributed by atoms with E-state index >= 15 is 0 Å². The highest BCUT2D eigenvalue weighted by atomic mass is 16.3. The predicted octanol–water partition coefficient (Wildman–Crippen LogP) is 2.92. The third kappa shape index (κ3) is 2.27. The normalized spacial score (nSPS) is 17.8. The summed E-state index contributed by atoms with van der Waals surface area (Å²) in [5.74, 6) is 0.582. The van der Waals surface area contributed by atoms with Crippen molar-refractivity contribution >= 4 is 5.69 Å². The molecule has 1 aliphatic rings. The quantitative estimate of drug-likeness (QED) is 0.893. The maximum Gasteiger partial charge on any atom is 0.0947 e. The van der Waals surface area contributed by atoms with Crippen molar-refractivity contribution in [2.75, 3.05) is 25.5 Å². The molecule has 2 aromatic rings. The van der Waals surface area contributed by atoms with E-state index < -0.39 is 0 Å². The summed E-state index contributed by atoms with van der Waals surface area (Å²) in [6.45, 7) is 3.04. The summed E-state index contributed by atoms with van der Waals surface area (Å²) in [5.41, 5.74) is 3.97. The molecule has 0 aliphatic carbocycles. The van der Waals surface area contributed by atoms with Crippen molar-refractivity contribution in [1.82, 2.24) is 4.90 Å². The van der Waals surface area contributed by atoms with E-state index in [0.29, 0.717) is 5.92 Å². The molecular weight excluding hydrogens is 224 g/mol. The molecule has 0 radical (unpaired) electrons. The molecule has 94 valence electrons. The molecule has 1 aliphatic heterocycles. The molecule has 3 rings (SSSR count). The average molecular weight is 242 g/mol. The van der Waals surface area contributed by atoms with E-state index in [4.69, 9.17) is 4.42 Å². The van der Waals surface area contributed by atoms with E-state index in [2.05, 4.69) is 41.5 Å². The fraction of sp³-hybridized carbons (Fsp3) is 0.333. The Balaban J connectivity index is 1.64. The Morgan fingerprint density at radius 2 is 2.22 bits per heavy atom. The highest BCUT2D eigenvalue weighted by Gasteiger charge is 2.22. The summed E-state index contributed by atoms with van der Waals surface area (Å²) in [4.78, 5) is 2.35. The van der Waals surface area contributed by atoms with Crippen LogP contribution in [0, 0.1) is 0 Å². The smallest absolute Gasteiger partial charge is 0.0947 e. The highest BCUT2D eigenvalue weighted by molar-refractivity contribution is 5.57. The molecule has 0 saturated heterocycles. The number of likely N-dealkylation sites (N-methyl/N-ethyl adjacent to an activating group) is 1. The van der Waals surface area contributed by atoms with Gasteiger partial charge in [-0.05, 0) is 24.7 Å². The van der Waals surface area contributed by atoms with Gasteiger partial charge < -0.3 is 14.6 Å². The van der Waals surface area contributed by atoms with Crippen LogP contribution in [-0.2, 0) is 6.54 Å². The Hall–Kier alpha value is -1.74. The number of para-hydroxylation sites is 1. The second-order valence-corrected chi connectivity index (χ2v) is 4.99. The number of hydrogen-bond acceptors (Lipinski definition) is 3. The molecule has 3 nitrogen and oxygen atoms in total. The molecular formula is C15H18N2O. The van der Waals surface area contributed by atoms with Gasteiger partial charge >= 0.3 is 0 Å². The molecule has 1 aromatic heterocycles. The zero-order valence-corrected chi connectivity index (χ0v) is 10.6. The average Bonchev–Trinajstić information content (AvgIpc) is 3.00. The van der Waals surface area contributed by atoms with Crippen LogP contribution in [-0.4, -0.2) is 25.0 Å². The van der Waals surface area contributed by atoms with Gasteiger partial charge in [0.1, 0.15) is 0 Å². The minimum Gasteiger partial charge on any atom is -0.472 e. The number of nitrogens with zero attached hydrogens (tertiary/aromatic N) is 1. The topological polar surface area (TPSA) is 28.4 Å². The third-order valence-electron chi connectivity index (χ3n) is 3.50. The number of benzene rings is 1. The first-order valence-corrected chi connectivity index (χ1v) is 6.35. The second-order valence-electron chi connectivity index (χ2n) is 4.99. The molecule has 1 unspecified atom stereocenters. The van der Waals surface area contributed by atoms with Gasteiger partial charge in [-0.2, -0.15) is 0 Å². The van der Waals surface area contributed by atoms with Gasteiger partial charge in [0.25, 0.3) is 0 Å². The number of nitrogens with one attached hydrogen (secondary N) is 1. The molecule has 1 atom stereocenters. The van der Waals surface area contributed by atoms with Gasteiger partial charge in [0.2, 0.25) is 0 Å². The lowest BCUT2D eigenvalue weighted by molar-refractivity contribution is 0.308. The van der Waals surface area contributed by atoms with Crippen molar-refractivity contribution in [2.45, 2.75) is 12.5 Å². The Morgan fingerprint density at radius 3 is 3.06 bits per heavy atom. The van der Waals surface area contributed by atoms with Crippen molar-refractivity contribution in [3.8, 4) is 0 Å². The first kappa shape index (κ1) is 11.4. The van der Waals surface area contributed by atoms with Crippen molar-refractivity contribution < 1.29 is 4.42 Å². The molecule has 0 fully saturated rings. The molecule has 0 saturated carbocycles. The number of fused-ring (bicyclic) bond motifs is 1. The minimum absolute atomic E-state index is 0.582. The van der Waals surface area contributed by atoms with Gasteiger partial charge in [0.05, 0.1) is 12.5 Å². The van der Waals surface area contributed by atoms with Crippen LogP contribution in [0.3, 0.4) is 0 Å². The fourth-order valence-corrected chi connectivity index (χ4v) is 2.66. The van der Waals surface area contributed by atoms with Crippen LogP contribution < -0.4 is 5.32 Å². The molecule has 0 spiro atoms. The van der Waals surface area contributed by atoms with Crippen molar-refractivity contribution in [3.05, 3.63) is 54.0 Å². The number of rotatable bonds is 4. The molecule has 1 N–H and O–H groups in total. The molecule has 3 heteroatoms. The number of furan rings is 1. The molecule has 0 amide bonds. The van der Waals surface area contributed by atoms with Crippen LogP contribution in [0.5, 0.6) is 0 Å². The third-order valence-corrected chi connectivity index (χ3v) is 3.50. The van der Waals surface area contributed by atoms with Crippen molar-refractivity contribution in [2.24, 2.45) is 0 Å². The number of anilines is 1. The second kappa shape index (κ2) is 4.86. The van der Waals surface area contributed by atoms with E-state index in [9.17, 15) is 0 Å². The lowest BCUT2D eigenvalue weighted by atomic mass is 10.0. The van der Waals surface area contributed by atoms with Crippen LogP contribution in [0.4, 0.5) is 5.69 Å². The summed E-state index contributed by atoms with van der Waals surface area (Å²) in [6, 6.07) is 10.6. The summed E-state index contributed by atoms with van der Waals surface area (Å²) in [6.07, 6.45) is 3.55. The molecule has 0 bridgehead atoms. The van der Waals surface area contributed by atoms with Crippen LogP contribution in [0.2, 0.25) is 0 Å². The Labute approximate surface area is 107 Å². The van der Waals surface area contributed by atoms with E-state index in [0.717, 1.165) is 19.6 Å². The Morgan fingerprint density at radius 1 is 1.33 bits per heavy atom. The molecule has 2 heterocycles. The molecule has 18 heavy (non-hydrogen) atoms. The minimum atomic E-state index is 0.582. The summed E-state index contributed by atoms with van der Waals surface area (Å²) < 4.78 is 5.10. The Kier molecular flexibility index (Phi) is 3.07. The van der Waals surface area contributed by atoms with Crippen LogP contribution in [0.15, 0.2) is 47.3 Å². The number of hydrogen-bond donors (Lipinski definition) is 1. The van der Waals surface area contributed by atoms with Crippen molar-refractivity contribution in [3.63, 3.8) is 0 Å². The van der Waals surface area contributed by atoms with E-state index in [1.54, 1.807) is 6.26 Å². The van der Waals surface area contributed by atoms with E-state index in [1.165, 1.54) is 16.8 Å². The van der Waals surface area contributed by atoms with Gasteiger partial charge in [-0.3, -0.25) is 0 Å². The van der Waals surface area contributed by atoms with Gasteiger partial charge in [-0.25, -0.2) is 0 Å². The maximum absolute atomic E-state index is 5.10. The maximum atomic E-state index is 5.10. The van der Waals surface area contributed by atoms with Crippen LogP contribution in [0.1, 0.15) is 17.0 Å². The molecule has 1 aromatic carbocycles. The first-order chi connectivity index (χ1) is 8.83. The van der Waals surface area contributed by atoms with Crippen LogP contribution >= 0.6 is 0 Å². The zero-order chi connectivity index (χ0) is 12.4. The fourth-order valence-electron chi connectivity index (χ4n) is 2.66. The van der Waals surface area contributed by atoms with E-state index in [1.807, 2.05) is 12.3 Å². The van der Waals surface area contributed by atoms with Crippen LogP contribution in [0.25, 0.3) is 0 Å². The van der Waals surface area contributed by atoms with Gasteiger partial charge in [0.15, 0.2) is 0 Å². The standard InChI is InChI=1S/C15H18N2O/c1-17(9-12-6-7-18-11-12)10-13-8-16-15-5-3-2-4-14(13)15/h2-7,11,13,16H,8-10H2,1H3. The predicted molar refractivity (Wildman–Crippen MR) is 72.7 cm³/mol. The summed E-state index contributed by atoms with van der Waals surface area (Å²) >= 11 is 0.